The largest absolute Gasteiger partial charge is 0.430 e. The Morgan fingerprint density at radius 2 is 2.00 bits per heavy atom. The highest BCUT2D eigenvalue weighted by Crippen LogP contribution is 2.27. The van der Waals surface area contributed by atoms with Crippen molar-refractivity contribution in [3.8, 4) is 5.75 Å². The molecular weight excluding hydrogens is 325 g/mol. The van der Waals surface area contributed by atoms with Gasteiger partial charge in [-0.3, -0.25) is 5.32 Å². The molecule has 0 aromatic heterocycles. The Labute approximate surface area is 133 Å². The van der Waals surface area contributed by atoms with E-state index in [1.54, 1.807) is 0 Å². The Balaban J connectivity index is 1.80. The van der Waals surface area contributed by atoms with E-state index >= 15 is 0 Å². The molecule has 2 amide bonds. The van der Waals surface area contributed by atoms with Gasteiger partial charge in [-0.2, -0.15) is 8.42 Å². The van der Waals surface area contributed by atoms with Crippen molar-refractivity contribution >= 4 is 22.2 Å². The third-order valence-corrected chi connectivity index (χ3v) is 4.58. The van der Waals surface area contributed by atoms with Gasteiger partial charge in [-0.25, -0.2) is 9.18 Å². The van der Waals surface area contributed by atoms with Crippen molar-refractivity contribution in [2.75, 3.05) is 0 Å². The minimum atomic E-state index is -4.26. The van der Waals surface area contributed by atoms with Crippen molar-refractivity contribution in [3.63, 3.8) is 0 Å². The fraction of sp³-hybridized carbons (Fsp3) is 0.429. The summed E-state index contributed by atoms with van der Waals surface area (Å²) in [5, 5.41) is 5.07. The maximum Gasteiger partial charge on any atom is 0.430 e. The highest BCUT2D eigenvalue weighted by molar-refractivity contribution is 7.86. The molecule has 0 bridgehead atoms. The quantitative estimate of drug-likeness (QED) is 0.814. The lowest BCUT2D eigenvalue weighted by atomic mass is 9.96. The Morgan fingerprint density at radius 1 is 1.26 bits per heavy atom. The van der Waals surface area contributed by atoms with Gasteiger partial charge in [-0.05, 0) is 25.0 Å². The molecule has 9 heteroatoms. The summed E-state index contributed by atoms with van der Waals surface area (Å²) < 4.78 is 45.1. The van der Waals surface area contributed by atoms with Crippen LogP contribution in [0.3, 0.4) is 0 Å². The third-order valence-electron chi connectivity index (χ3n) is 3.78. The Bertz CT molecular complexity index is 757. The molecule has 1 aromatic carbocycles. The first-order valence-corrected chi connectivity index (χ1v) is 8.72. The topological polar surface area (TPSA) is 96.9 Å². The molecule has 1 aromatic rings. The summed E-state index contributed by atoms with van der Waals surface area (Å²) in [6.07, 6.45) is 4.94. The van der Waals surface area contributed by atoms with Crippen LogP contribution in [0.25, 0.3) is 0 Å². The first kappa shape index (κ1) is 15.7. The van der Waals surface area contributed by atoms with Crippen molar-refractivity contribution in [3.05, 3.63) is 29.6 Å². The van der Waals surface area contributed by atoms with E-state index in [0.717, 1.165) is 38.2 Å². The molecule has 1 aliphatic heterocycles. The molecule has 0 radical (unpaired) electrons. The number of carbonyl (C=O) groups excluding carboxylic acids is 1. The summed E-state index contributed by atoms with van der Waals surface area (Å²) in [6, 6.07) is 3.17. The van der Waals surface area contributed by atoms with Crippen molar-refractivity contribution in [2.45, 2.75) is 38.1 Å². The summed E-state index contributed by atoms with van der Waals surface area (Å²) in [7, 11) is -4.26. The molecule has 1 fully saturated rings. The van der Waals surface area contributed by atoms with Crippen LogP contribution in [-0.2, 0) is 10.3 Å². The predicted octanol–water partition coefficient (Wildman–Crippen LogP) is 1.84. The summed E-state index contributed by atoms with van der Waals surface area (Å²) in [5.41, 5.74) is -0.180. The first-order valence-electron chi connectivity index (χ1n) is 7.35. The molecule has 7 nitrogen and oxygen atoms in total. The lowest BCUT2D eigenvalue weighted by Gasteiger charge is -2.23. The van der Waals surface area contributed by atoms with Gasteiger partial charge in [0.05, 0.1) is 5.56 Å². The third kappa shape index (κ3) is 3.61. The van der Waals surface area contributed by atoms with Crippen LogP contribution in [0.2, 0.25) is 0 Å². The van der Waals surface area contributed by atoms with E-state index in [9.17, 15) is 17.6 Å². The highest BCUT2D eigenvalue weighted by atomic mass is 32.2. The van der Waals surface area contributed by atoms with E-state index in [4.69, 9.17) is 0 Å². The van der Waals surface area contributed by atoms with Crippen molar-refractivity contribution in [2.24, 2.45) is 4.40 Å². The SMILES string of the molecule is O=C(NC1=NS(=O)(=O)Oc2cccc(F)c21)NC1CCCCC1. The number of nitrogens with zero attached hydrogens (tertiary/aromatic N) is 1. The van der Waals surface area contributed by atoms with E-state index < -0.39 is 22.2 Å². The van der Waals surface area contributed by atoms with Gasteiger partial charge in [0.25, 0.3) is 0 Å². The summed E-state index contributed by atoms with van der Waals surface area (Å²) >= 11 is 0. The fourth-order valence-corrected chi connectivity index (χ4v) is 3.52. The number of hydrogen-bond acceptors (Lipinski definition) is 4. The second-order valence-electron chi connectivity index (χ2n) is 5.50. The number of benzene rings is 1. The molecule has 3 rings (SSSR count). The second-order valence-corrected chi connectivity index (χ2v) is 6.70. The number of carbonyl (C=O) groups is 1. The predicted molar refractivity (Wildman–Crippen MR) is 81.0 cm³/mol. The van der Waals surface area contributed by atoms with Crippen molar-refractivity contribution < 1.29 is 21.8 Å². The zero-order chi connectivity index (χ0) is 16.4. The lowest BCUT2D eigenvalue weighted by molar-refractivity contribution is 0.237. The minimum absolute atomic E-state index is 0.0286. The van der Waals surface area contributed by atoms with Gasteiger partial charge < -0.3 is 9.50 Å². The molecule has 23 heavy (non-hydrogen) atoms. The molecular formula is C14H16FN3O4S. The molecule has 0 saturated heterocycles. The number of nitrogens with one attached hydrogen (secondary N) is 2. The maximum atomic E-state index is 14.0. The fourth-order valence-electron chi connectivity index (χ4n) is 2.75. The van der Waals surface area contributed by atoms with Gasteiger partial charge in [-0.15, -0.1) is 4.40 Å². The average Bonchev–Trinajstić information content (AvgIpc) is 2.46. The number of amidine groups is 1. The molecule has 124 valence electrons. The summed E-state index contributed by atoms with van der Waals surface area (Å²) in [4.78, 5) is 12.1. The van der Waals surface area contributed by atoms with Crippen LogP contribution in [-0.4, -0.2) is 26.3 Å². The normalized spacial score (nSPS) is 20.0. The molecule has 1 aliphatic carbocycles. The number of halogens is 1. The van der Waals surface area contributed by atoms with E-state index in [-0.39, 0.29) is 23.2 Å². The van der Waals surface area contributed by atoms with Crippen LogP contribution in [0.4, 0.5) is 9.18 Å². The Kier molecular flexibility index (Phi) is 4.20. The van der Waals surface area contributed by atoms with Gasteiger partial charge in [-0.1, -0.05) is 25.3 Å². The molecule has 2 aliphatic rings. The van der Waals surface area contributed by atoms with E-state index in [1.807, 2.05) is 0 Å². The van der Waals surface area contributed by atoms with Crippen LogP contribution >= 0.6 is 0 Å². The van der Waals surface area contributed by atoms with Crippen molar-refractivity contribution in [1.29, 1.82) is 0 Å². The van der Waals surface area contributed by atoms with Crippen LogP contribution in [0.1, 0.15) is 37.7 Å². The van der Waals surface area contributed by atoms with Crippen molar-refractivity contribution in [1.82, 2.24) is 10.6 Å². The number of rotatable bonds is 1. The Morgan fingerprint density at radius 3 is 2.74 bits per heavy atom. The van der Waals surface area contributed by atoms with Gasteiger partial charge in [0.15, 0.2) is 11.6 Å². The average molecular weight is 341 g/mol. The monoisotopic (exact) mass is 341 g/mol. The summed E-state index contributed by atoms with van der Waals surface area (Å²) in [5.74, 6) is -1.31. The minimum Gasteiger partial charge on any atom is -0.365 e. The van der Waals surface area contributed by atoms with Crippen LogP contribution < -0.4 is 14.8 Å². The molecule has 0 unspecified atom stereocenters. The molecule has 1 saturated carbocycles. The molecule has 0 atom stereocenters. The van der Waals surface area contributed by atoms with Crippen LogP contribution in [0, 0.1) is 5.82 Å². The first-order chi connectivity index (χ1) is 10.9. The van der Waals surface area contributed by atoms with E-state index in [0.29, 0.717) is 0 Å². The van der Waals surface area contributed by atoms with Gasteiger partial charge in [0.1, 0.15) is 5.82 Å². The zero-order valence-electron chi connectivity index (χ0n) is 12.2. The molecule has 0 spiro atoms. The zero-order valence-corrected chi connectivity index (χ0v) is 13.0. The molecule has 1 heterocycles. The summed E-state index contributed by atoms with van der Waals surface area (Å²) in [6.45, 7) is 0. The Hall–Kier alpha value is -2.16. The van der Waals surface area contributed by atoms with Gasteiger partial charge in [0.2, 0.25) is 0 Å². The lowest BCUT2D eigenvalue weighted by Crippen LogP contribution is -2.46. The van der Waals surface area contributed by atoms with Crippen LogP contribution in [0.15, 0.2) is 22.6 Å². The number of urea groups is 1. The number of hydrogen-bond donors (Lipinski definition) is 2. The maximum absolute atomic E-state index is 14.0. The van der Waals surface area contributed by atoms with E-state index in [2.05, 4.69) is 19.2 Å². The smallest absolute Gasteiger partial charge is 0.365 e. The number of fused-ring (bicyclic) bond motifs is 1. The highest BCUT2D eigenvalue weighted by Gasteiger charge is 2.29. The van der Waals surface area contributed by atoms with Gasteiger partial charge >= 0.3 is 16.3 Å². The second kappa shape index (κ2) is 6.15. The number of amides is 2. The standard InChI is InChI=1S/C14H16FN3O4S/c15-10-7-4-8-11-12(10)13(18-23(20,21)22-11)17-14(19)16-9-5-2-1-3-6-9/h4,7-9H,1-3,5-6H2,(H2,16,17,18,19). The van der Waals surface area contributed by atoms with Crippen LogP contribution in [0.5, 0.6) is 5.75 Å². The molecule has 2 N–H and O–H groups in total. The van der Waals surface area contributed by atoms with E-state index in [1.165, 1.54) is 12.1 Å². The van der Waals surface area contributed by atoms with Gasteiger partial charge in [0, 0.05) is 6.04 Å².